The molecule has 0 bridgehead atoms. The number of amides is 2. The van der Waals surface area contributed by atoms with E-state index < -0.39 is 0 Å². The molecule has 5 heteroatoms. The summed E-state index contributed by atoms with van der Waals surface area (Å²) in [7, 11) is 1.59. The lowest BCUT2D eigenvalue weighted by Crippen LogP contribution is -2.46. The van der Waals surface area contributed by atoms with Crippen LogP contribution in [-0.4, -0.2) is 32.8 Å². The molecule has 1 aromatic carbocycles. The Kier molecular flexibility index (Phi) is 5.33. The van der Waals surface area contributed by atoms with Crippen LogP contribution < -0.4 is 19.7 Å². The molecule has 0 saturated carbocycles. The highest BCUT2D eigenvalue weighted by Gasteiger charge is 2.20. The topological polar surface area (TPSA) is 50.8 Å². The maximum atomic E-state index is 11.9. The summed E-state index contributed by atoms with van der Waals surface area (Å²) >= 11 is 0. The van der Waals surface area contributed by atoms with Gasteiger partial charge in [-0.15, -0.1) is 12.3 Å². The molecule has 1 heterocycles. The number of nitrogens with one attached hydrogen (secondary N) is 1. The van der Waals surface area contributed by atoms with Gasteiger partial charge in [0.2, 0.25) is 0 Å². The van der Waals surface area contributed by atoms with Gasteiger partial charge in [0.05, 0.1) is 13.7 Å². The summed E-state index contributed by atoms with van der Waals surface area (Å²) in [5, 5.41) is 2.83. The van der Waals surface area contributed by atoms with Crippen LogP contribution in [0.15, 0.2) is 18.2 Å². The summed E-state index contributed by atoms with van der Waals surface area (Å²) in [6.45, 7) is 1.95. The van der Waals surface area contributed by atoms with Crippen LogP contribution in [0.4, 0.5) is 10.5 Å². The van der Waals surface area contributed by atoms with E-state index in [0.717, 1.165) is 25.1 Å². The van der Waals surface area contributed by atoms with E-state index in [9.17, 15) is 4.79 Å². The fourth-order valence-corrected chi connectivity index (χ4v) is 2.18. The Morgan fingerprint density at radius 2 is 2.29 bits per heavy atom. The second kappa shape index (κ2) is 7.44. The third-order valence-electron chi connectivity index (χ3n) is 3.26. The van der Waals surface area contributed by atoms with Crippen molar-refractivity contribution in [2.45, 2.75) is 19.3 Å². The van der Waals surface area contributed by atoms with Crippen LogP contribution in [0.5, 0.6) is 11.5 Å². The monoisotopic (exact) mass is 288 g/mol. The van der Waals surface area contributed by atoms with Crippen molar-refractivity contribution in [1.29, 1.82) is 0 Å². The van der Waals surface area contributed by atoms with Gasteiger partial charge in [0.25, 0.3) is 0 Å². The number of benzene rings is 1. The first-order valence-electron chi connectivity index (χ1n) is 7.06. The molecular weight excluding hydrogens is 268 g/mol. The lowest BCUT2D eigenvalue weighted by atomic mass is 10.2. The van der Waals surface area contributed by atoms with Gasteiger partial charge in [-0.2, -0.15) is 0 Å². The molecule has 0 spiro atoms. The quantitative estimate of drug-likeness (QED) is 0.646. The smallest absolute Gasteiger partial charge is 0.321 e. The normalized spacial score (nSPS) is 14.3. The summed E-state index contributed by atoms with van der Waals surface area (Å²) in [5.41, 5.74) is 0.806. The first-order chi connectivity index (χ1) is 10.3. The Hall–Kier alpha value is -2.35. The number of anilines is 1. The molecule has 1 aliphatic heterocycles. The molecule has 21 heavy (non-hydrogen) atoms. The largest absolute Gasteiger partial charge is 0.493 e. The van der Waals surface area contributed by atoms with Gasteiger partial charge < -0.3 is 14.8 Å². The van der Waals surface area contributed by atoms with Crippen molar-refractivity contribution in [3.05, 3.63) is 18.2 Å². The average molecular weight is 288 g/mol. The van der Waals surface area contributed by atoms with Gasteiger partial charge in [0, 0.05) is 31.3 Å². The minimum atomic E-state index is -0.0790. The van der Waals surface area contributed by atoms with Crippen molar-refractivity contribution in [1.82, 2.24) is 5.32 Å². The van der Waals surface area contributed by atoms with Gasteiger partial charge in [-0.1, -0.05) is 0 Å². The molecule has 0 unspecified atom stereocenters. The van der Waals surface area contributed by atoms with Crippen molar-refractivity contribution in [2.75, 3.05) is 31.7 Å². The first kappa shape index (κ1) is 15.0. The zero-order valence-electron chi connectivity index (χ0n) is 12.2. The maximum absolute atomic E-state index is 11.9. The van der Waals surface area contributed by atoms with E-state index in [0.29, 0.717) is 31.1 Å². The van der Waals surface area contributed by atoms with Crippen LogP contribution in [0.3, 0.4) is 0 Å². The Morgan fingerprint density at radius 1 is 1.43 bits per heavy atom. The van der Waals surface area contributed by atoms with E-state index in [-0.39, 0.29) is 6.03 Å². The second-order valence-electron chi connectivity index (χ2n) is 4.73. The highest BCUT2D eigenvalue weighted by Crippen LogP contribution is 2.32. The van der Waals surface area contributed by atoms with Crippen LogP contribution in [0.2, 0.25) is 0 Å². The SMILES string of the molecule is C#CCCCOc1cc(N2CCCNC2=O)ccc1OC. The zero-order valence-corrected chi connectivity index (χ0v) is 12.2. The molecule has 1 aliphatic rings. The van der Waals surface area contributed by atoms with E-state index in [1.807, 2.05) is 18.2 Å². The number of unbranched alkanes of at least 4 members (excludes halogenated alkanes) is 1. The molecule has 0 atom stereocenters. The summed E-state index contributed by atoms with van der Waals surface area (Å²) in [5.74, 6) is 3.86. The number of hydrogen-bond acceptors (Lipinski definition) is 3. The van der Waals surface area contributed by atoms with E-state index >= 15 is 0 Å². The number of hydrogen-bond donors (Lipinski definition) is 1. The van der Waals surface area contributed by atoms with Crippen molar-refractivity contribution in [3.63, 3.8) is 0 Å². The summed E-state index contributed by atoms with van der Waals surface area (Å²) in [6.07, 6.45) is 7.61. The van der Waals surface area contributed by atoms with Gasteiger partial charge in [0.15, 0.2) is 11.5 Å². The summed E-state index contributed by atoms with van der Waals surface area (Å²) < 4.78 is 11.0. The van der Waals surface area contributed by atoms with Crippen LogP contribution in [0, 0.1) is 12.3 Å². The highest BCUT2D eigenvalue weighted by molar-refractivity contribution is 5.93. The standard InChI is InChI=1S/C16H20N2O3/c1-3-4-5-11-21-15-12-13(7-8-14(15)20-2)18-10-6-9-17-16(18)19/h1,7-8,12H,4-6,9-11H2,2H3,(H,17,19). The number of carbonyl (C=O) groups excluding carboxylic acids is 1. The van der Waals surface area contributed by atoms with Gasteiger partial charge >= 0.3 is 6.03 Å². The molecule has 1 N–H and O–H groups in total. The molecule has 1 aromatic rings. The molecule has 2 amide bonds. The minimum absolute atomic E-state index is 0.0790. The molecule has 0 radical (unpaired) electrons. The Labute approximate surface area is 125 Å². The molecule has 112 valence electrons. The Bertz CT molecular complexity index is 537. The van der Waals surface area contributed by atoms with Gasteiger partial charge in [-0.25, -0.2) is 4.79 Å². The van der Waals surface area contributed by atoms with Gasteiger partial charge in [0.1, 0.15) is 0 Å². The fraction of sp³-hybridized carbons (Fsp3) is 0.438. The molecule has 0 aromatic heterocycles. The third kappa shape index (κ3) is 3.82. The van der Waals surface area contributed by atoms with Crippen molar-refractivity contribution >= 4 is 11.7 Å². The predicted octanol–water partition coefficient (Wildman–Crippen LogP) is 2.41. The number of carbonyl (C=O) groups is 1. The molecule has 1 fully saturated rings. The van der Waals surface area contributed by atoms with E-state index in [4.69, 9.17) is 15.9 Å². The number of rotatable bonds is 6. The molecular formula is C16H20N2O3. The van der Waals surface area contributed by atoms with E-state index in [1.165, 1.54) is 0 Å². The number of ether oxygens (including phenoxy) is 2. The molecule has 1 saturated heterocycles. The van der Waals surface area contributed by atoms with Crippen molar-refractivity contribution < 1.29 is 14.3 Å². The Balaban J connectivity index is 2.12. The predicted molar refractivity (Wildman–Crippen MR) is 81.9 cm³/mol. The average Bonchev–Trinajstić information content (AvgIpc) is 2.52. The van der Waals surface area contributed by atoms with Gasteiger partial charge in [-0.05, 0) is 25.0 Å². The highest BCUT2D eigenvalue weighted by atomic mass is 16.5. The number of terminal acetylenes is 1. The summed E-state index contributed by atoms with van der Waals surface area (Å²) in [4.78, 5) is 13.6. The lowest BCUT2D eigenvalue weighted by molar-refractivity contribution is 0.243. The molecule has 5 nitrogen and oxygen atoms in total. The number of methoxy groups -OCH3 is 1. The summed E-state index contributed by atoms with van der Waals surface area (Å²) in [6, 6.07) is 5.43. The van der Waals surface area contributed by atoms with Gasteiger partial charge in [-0.3, -0.25) is 4.90 Å². The fourth-order valence-electron chi connectivity index (χ4n) is 2.18. The molecule has 0 aliphatic carbocycles. The Morgan fingerprint density at radius 3 is 3.00 bits per heavy atom. The maximum Gasteiger partial charge on any atom is 0.321 e. The lowest BCUT2D eigenvalue weighted by Gasteiger charge is -2.28. The van der Waals surface area contributed by atoms with Crippen molar-refractivity contribution in [3.8, 4) is 23.8 Å². The minimum Gasteiger partial charge on any atom is -0.493 e. The number of urea groups is 1. The molecule has 2 rings (SSSR count). The zero-order chi connectivity index (χ0) is 15.1. The van der Waals surface area contributed by atoms with Crippen molar-refractivity contribution in [2.24, 2.45) is 0 Å². The second-order valence-corrected chi connectivity index (χ2v) is 4.73. The van der Waals surface area contributed by atoms with Crippen LogP contribution in [-0.2, 0) is 0 Å². The first-order valence-corrected chi connectivity index (χ1v) is 7.06. The van der Waals surface area contributed by atoms with Crippen LogP contribution in [0.1, 0.15) is 19.3 Å². The number of nitrogens with zero attached hydrogens (tertiary/aromatic N) is 1. The van der Waals surface area contributed by atoms with E-state index in [1.54, 1.807) is 12.0 Å². The van der Waals surface area contributed by atoms with Crippen LogP contribution in [0.25, 0.3) is 0 Å². The van der Waals surface area contributed by atoms with E-state index in [2.05, 4.69) is 11.2 Å². The van der Waals surface area contributed by atoms with Crippen LogP contribution >= 0.6 is 0 Å². The third-order valence-corrected chi connectivity index (χ3v) is 3.26.